The van der Waals surface area contributed by atoms with Gasteiger partial charge in [0.05, 0.1) is 16.8 Å². The van der Waals surface area contributed by atoms with Gasteiger partial charge in [0.15, 0.2) is 0 Å². The monoisotopic (exact) mass is 278 g/mol. The molecule has 5 N–H and O–H groups in total. The molecule has 0 atom stereocenters. The van der Waals surface area contributed by atoms with Gasteiger partial charge >= 0.3 is 0 Å². The summed E-state index contributed by atoms with van der Waals surface area (Å²) in [4.78, 5) is 23.0. The number of aromatic nitrogens is 2. The number of nitrogens with zero attached hydrogens (tertiary/aromatic N) is 2. The van der Waals surface area contributed by atoms with E-state index in [0.29, 0.717) is 11.3 Å². The molecule has 0 radical (unpaired) electrons. The second-order valence-electron chi connectivity index (χ2n) is 4.32. The van der Waals surface area contributed by atoms with E-state index >= 15 is 0 Å². The van der Waals surface area contributed by atoms with Gasteiger partial charge in [0, 0.05) is 24.7 Å². The second-order valence-corrected chi connectivity index (χ2v) is 4.32. The van der Waals surface area contributed by atoms with Crippen LogP contribution in [0.2, 0.25) is 0 Å². The van der Waals surface area contributed by atoms with Crippen LogP contribution in [0.1, 0.15) is 28.7 Å². The van der Waals surface area contributed by atoms with E-state index < -0.39 is 5.91 Å². The van der Waals surface area contributed by atoms with Gasteiger partial charge in [-0.2, -0.15) is 5.10 Å². The molecule has 1 rings (SSSR count). The number of carbonyl (C=O) groups is 2. The fourth-order valence-corrected chi connectivity index (χ4v) is 1.70. The number of rotatable bonds is 5. The Hall–Kier alpha value is -2.64. The van der Waals surface area contributed by atoms with Crippen molar-refractivity contribution in [1.29, 1.82) is 5.41 Å². The SMILES string of the molecule is CC(=N)/C(=C\NNC(=O)c1c(C)nn(C)c1C)C(N)=O. The van der Waals surface area contributed by atoms with E-state index in [-0.39, 0.29) is 17.2 Å². The average molecular weight is 278 g/mol. The highest BCUT2D eigenvalue weighted by atomic mass is 16.2. The Morgan fingerprint density at radius 2 is 2.00 bits per heavy atom. The topological polar surface area (TPSA) is 126 Å². The molecule has 0 aliphatic carbocycles. The zero-order valence-electron chi connectivity index (χ0n) is 11.9. The minimum Gasteiger partial charge on any atom is -0.365 e. The zero-order valence-corrected chi connectivity index (χ0v) is 11.9. The van der Waals surface area contributed by atoms with Crippen LogP contribution >= 0.6 is 0 Å². The molecule has 8 heteroatoms. The Balaban J connectivity index is 2.80. The van der Waals surface area contributed by atoms with Crippen LogP contribution in [0.5, 0.6) is 0 Å². The third-order valence-corrected chi connectivity index (χ3v) is 2.81. The summed E-state index contributed by atoms with van der Waals surface area (Å²) in [7, 11) is 1.75. The first kappa shape index (κ1) is 15.4. The minimum atomic E-state index is -0.743. The van der Waals surface area contributed by atoms with Gasteiger partial charge < -0.3 is 16.6 Å². The lowest BCUT2D eigenvalue weighted by Gasteiger charge is -2.06. The van der Waals surface area contributed by atoms with Gasteiger partial charge in [-0.3, -0.25) is 19.7 Å². The van der Waals surface area contributed by atoms with E-state index in [1.54, 1.807) is 25.6 Å². The fourth-order valence-electron chi connectivity index (χ4n) is 1.70. The number of hydrogen-bond acceptors (Lipinski definition) is 5. The maximum Gasteiger partial charge on any atom is 0.273 e. The summed E-state index contributed by atoms with van der Waals surface area (Å²) < 4.78 is 1.61. The molecule has 0 saturated carbocycles. The minimum absolute atomic E-state index is 0.00740. The van der Waals surface area contributed by atoms with Crippen molar-refractivity contribution >= 4 is 17.5 Å². The summed E-state index contributed by atoms with van der Waals surface area (Å²) in [5, 5.41) is 11.5. The molecule has 20 heavy (non-hydrogen) atoms. The molecule has 8 nitrogen and oxygen atoms in total. The first-order valence-corrected chi connectivity index (χ1v) is 5.87. The van der Waals surface area contributed by atoms with Gasteiger partial charge in [-0.15, -0.1) is 0 Å². The van der Waals surface area contributed by atoms with Crippen molar-refractivity contribution in [2.24, 2.45) is 12.8 Å². The number of hydrazine groups is 1. The number of nitrogens with two attached hydrogens (primary N) is 1. The standard InChI is InChI=1S/C12H18N6O2/c1-6(13)9(11(14)19)5-15-16-12(20)10-7(2)17-18(4)8(10)3/h5,13,15H,1-4H3,(H2,14,19)(H,16,20)/b9-5+,13-6?. The Labute approximate surface area is 116 Å². The van der Waals surface area contributed by atoms with Crippen LogP contribution in [0.4, 0.5) is 0 Å². The molecular formula is C12H18N6O2. The van der Waals surface area contributed by atoms with Gasteiger partial charge in [0.1, 0.15) is 0 Å². The first-order chi connectivity index (χ1) is 9.25. The van der Waals surface area contributed by atoms with Crippen LogP contribution in [0.25, 0.3) is 0 Å². The highest BCUT2D eigenvalue weighted by Crippen LogP contribution is 2.10. The van der Waals surface area contributed by atoms with Crippen molar-refractivity contribution < 1.29 is 9.59 Å². The average Bonchev–Trinajstić information content (AvgIpc) is 2.57. The largest absolute Gasteiger partial charge is 0.365 e. The van der Waals surface area contributed by atoms with E-state index in [1.165, 1.54) is 13.1 Å². The summed E-state index contributed by atoms with van der Waals surface area (Å²) in [5.41, 5.74) is 11.8. The molecule has 0 aliphatic heterocycles. The molecule has 2 amide bonds. The van der Waals surface area contributed by atoms with Crippen LogP contribution in [-0.4, -0.2) is 27.3 Å². The van der Waals surface area contributed by atoms with Crippen molar-refractivity contribution in [3.63, 3.8) is 0 Å². The van der Waals surface area contributed by atoms with E-state index in [9.17, 15) is 9.59 Å². The summed E-state index contributed by atoms with van der Waals surface area (Å²) in [6.07, 6.45) is 1.18. The Morgan fingerprint density at radius 3 is 2.40 bits per heavy atom. The van der Waals surface area contributed by atoms with Crippen molar-refractivity contribution in [2.75, 3.05) is 0 Å². The van der Waals surface area contributed by atoms with Crippen LogP contribution in [0.3, 0.4) is 0 Å². The highest BCUT2D eigenvalue weighted by Gasteiger charge is 2.16. The summed E-state index contributed by atoms with van der Waals surface area (Å²) in [5.74, 6) is -1.12. The molecule has 1 heterocycles. The molecule has 0 aliphatic rings. The molecule has 0 saturated heterocycles. The number of nitrogens with one attached hydrogen (secondary N) is 3. The summed E-state index contributed by atoms with van der Waals surface area (Å²) >= 11 is 0. The van der Waals surface area contributed by atoms with Gasteiger partial charge in [0.2, 0.25) is 0 Å². The quantitative estimate of drug-likeness (QED) is 0.334. The highest BCUT2D eigenvalue weighted by molar-refractivity contribution is 6.18. The molecular weight excluding hydrogens is 260 g/mol. The molecule has 0 unspecified atom stereocenters. The molecule has 0 aromatic carbocycles. The van der Waals surface area contributed by atoms with Crippen molar-refractivity contribution in [3.8, 4) is 0 Å². The lowest BCUT2D eigenvalue weighted by Crippen LogP contribution is -2.35. The van der Waals surface area contributed by atoms with Gasteiger partial charge in [-0.1, -0.05) is 0 Å². The molecule has 0 spiro atoms. The van der Waals surface area contributed by atoms with Gasteiger partial charge in [-0.25, -0.2) is 0 Å². The number of carbonyl (C=O) groups excluding carboxylic acids is 2. The molecule has 0 bridgehead atoms. The smallest absolute Gasteiger partial charge is 0.273 e. The van der Waals surface area contributed by atoms with E-state index in [4.69, 9.17) is 11.1 Å². The predicted octanol–water partition coefficient (Wildman–Crippen LogP) is -0.320. The maximum atomic E-state index is 12.0. The predicted molar refractivity (Wildman–Crippen MR) is 74.0 cm³/mol. The third kappa shape index (κ3) is 3.22. The molecule has 0 fully saturated rings. The van der Waals surface area contributed by atoms with Gasteiger partial charge in [-0.05, 0) is 20.8 Å². The van der Waals surface area contributed by atoms with E-state index in [2.05, 4.69) is 16.0 Å². The molecule has 1 aromatic rings. The van der Waals surface area contributed by atoms with E-state index in [0.717, 1.165) is 5.69 Å². The number of primary amides is 1. The van der Waals surface area contributed by atoms with Crippen LogP contribution in [0.15, 0.2) is 11.8 Å². The Morgan fingerprint density at radius 1 is 1.40 bits per heavy atom. The number of aryl methyl sites for hydroxylation is 2. The lowest BCUT2D eigenvalue weighted by atomic mass is 10.2. The van der Waals surface area contributed by atoms with E-state index in [1.807, 2.05) is 0 Å². The van der Waals surface area contributed by atoms with Crippen LogP contribution < -0.4 is 16.6 Å². The zero-order chi connectivity index (χ0) is 15.4. The number of amides is 2. The van der Waals surface area contributed by atoms with Crippen LogP contribution in [0, 0.1) is 19.3 Å². The maximum absolute atomic E-state index is 12.0. The molecule has 108 valence electrons. The van der Waals surface area contributed by atoms with Crippen LogP contribution in [-0.2, 0) is 11.8 Å². The Bertz CT molecular complexity index is 583. The van der Waals surface area contributed by atoms with Crippen molar-refractivity contribution in [1.82, 2.24) is 20.6 Å². The summed E-state index contributed by atoms with van der Waals surface area (Å²) in [6.45, 7) is 4.94. The van der Waals surface area contributed by atoms with Crippen molar-refractivity contribution in [3.05, 3.63) is 28.7 Å². The number of hydrogen-bond donors (Lipinski definition) is 4. The normalized spacial score (nSPS) is 11.1. The Kier molecular flexibility index (Phi) is 4.63. The fraction of sp³-hybridized carbons (Fsp3) is 0.333. The third-order valence-electron chi connectivity index (χ3n) is 2.81. The first-order valence-electron chi connectivity index (χ1n) is 5.87. The lowest BCUT2D eigenvalue weighted by molar-refractivity contribution is -0.114. The van der Waals surface area contributed by atoms with Gasteiger partial charge in [0.25, 0.3) is 11.8 Å². The summed E-state index contributed by atoms with van der Waals surface area (Å²) in [6, 6.07) is 0. The van der Waals surface area contributed by atoms with Crippen molar-refractivity contribution in [2.45, 2.75) is 20.8 Å². The second kappa shape index (κ2) is 6.00. The molecule has 1 aromatic heterocycles.